The lowest BCUT2D eigenvalue weighted by Crippen LogP contribution is -2.32. The summed E-state index contributed by atoms with van der Waals surface area (Å²) in [6.07, 6.45) is 4.02. The maximum Gasteiger partial charge on any atom is 0.242 e. The van der Waals surface area contributed by atoms with Crippen LogP contribution >= 0.6 is 0 Å². The maximum absolute atomic E-state index is 11.8. The van der Waals surface area contributed by atoms with E-state index < -0.39 is 0 Å². The quantitative estimate of drug-likeness (QED) is 0.863. The molecular formula is C17H24N6O. The van der Waals surface area contributed by atoms with Crippen LogP contribution in [-0.2, 0) is 24.4 Å². The zero-order chi connectivity index (χ0) is 16.8. The zero-order valence-corrected chi connectivity index (χ0v) is 14.1. The van der Waals surface area contributed by atoms with E-state index >= 15 is 0 Å². The van der Waals surface area contributed by atoms with Gasteiger partial charge in [0.15, 0.2) is 0 Å². The van der Waals surface area contributed by atoms with E-state index in [4.69, 9.17) is 0 Å². The van der Waals surface area contributed by atoms with Gasteiger partial charge in [-0.15, -0.1) is 5.10 Å². The van der Waals surface area contributed by atoms with Crippen LogP contribution in [0.1, 0.15) is 30.9 Å². The van der Waals surface area contributed by atoms with E-state index in [2.05, 4.69) is 56.9 Å². The molecule has 1 N–H and O–H groups in total. The summed E-state index contributed by atoms with van der Waals surface area (Å²) in [7, 11) is 0. The van der Waals surface area contributed by atoms with Crippen molar-refractivity contribution in [3.8, 4) is 0 Å². The van der Waals surface area contributed by atoms with Gasteiger partial charge in [0, 0.05) is 13.1 Å². The van der Waals surface area contributed by atoms with E-state index in [0.717, 1.165) is 18.0 Å². The number of benzene rings is 1. The van der Waals surface area contributed by atoms with E-state index in [1.165, 1.54) is 42.5 Å². The van der Waals surface area contributed by atoms with Gasteiger partial charge in [0.2, 0.25) is 5.91 Å². The number of rotatable bonds is 6. The van der Waals surface area contributed by atoms with E-state index in [9.17, 15) is 4.79 Å². The van der Waals surface area contributed by atoms with Crippen LogP contribution in [0.15, 0.2) is 30.6 Å². The Morgan fingerprint density at radius 2 is 1.92 bits per heavy atom. The number of carbonyl (C=O) groups is 1. The van der Waals surface area contributed by atoms with Crippen molar-refractivity contribution in [2.75, 3.05) is 13.1 Å². The lowest BCUT2D eigenvalue weighted by molar-refractivity contribution is -0.122. The monoisotopic (exact) mass is 328 g/mol. The molecular weight excluding hydrogens is 304 g/mol. The normalized spacial score (nSPS) is 16.2. The van der Waals surface area contributed by atoms with E-state index in [-0.39, 0.29) is 12.5 Å². The highest BCUT2D eigenvalue weighted by atomic mass is 16.2. The topological polar surface area (TPSA) is 75.9 Å². The molecule has 1 aliphatic heterocycles. The molecule has 1 aromatic carbocycles. The first-order valence-corrected chi connectivity index (χ1v) is 8.46. The smallest absolute Gasteiger partial charge is 0.242 e. The van der Waals surface area contributed by atoms with Gasteiger partial charge in [-0.25, -0.2) is 4.68 Å². The number of hydrogen-bond donors (Lipinski definition) is 1. The van der Waals surface area contributed by atoms with Gasteiger partial charge in [0.25, 0.3) is 0 Å². The zero-order valence-electron chi connectivity index (χ0n) is 14.1. The Balaban J connectivity index is 1.43. The molecule has 128 valence electrons. The van der Waals surface area contributed by atoms with Gasteiger partial charge in [-0.1, -0.05) is 31.2 Å². The van der Waals surface area contributed by atoms with Gasteiger partial charge in [0.05, 0.1) is 0 Å². The Bertz CT molecular complexity index is 632. The molecule has 0 saturated carbocycles. The minimum absolute atomic E-state index is 0.103. The molecule has 0 radical (unpaired) electrons. The van der Waals surface area contributed by atoms with Crippen molar-refractivity contribution in [1.82, 2.24) is 30.4 Å². The molecule has 2 heterocycles. The second kappa shape index (κ2) is 8.01. The van der Waals surface area contributed by atoms with Crippen LogP contribution in [0.5, 0.6) is 0 Å². The van der Waals surface area contributed by atoms with Gasteiger partial charge in [-0.3, -0.25) is 9.69 Å². The highest BCUT2D eigenvalue weighted by molar-refractivity contribution is 5.75. The predicted octanol–water partition coefficient (Wildman–Crippen LogP) is 1.22. The SMILES string of the molecule is CC1CCN(Cc2ccc(CNC(=O)Cn3cnnn3)cc2)CC1. The van der Waals surface area contributed by atoms with Crippen molar-refractivity contribution in [3.05, 3.63) is 41.7 Å². The molecule has 0 aliphatic carbocycles. The molecule has 1 fully saturated rings. The van der Waals surface area contributed by atoms with Gasteiger partial charge < -0.3 is 5.32 Å². The molecule has 7 heteroatoms. The van der Waals surface area contributed by atoms with Crippen LogP contribution in [0.3, 0.4) is 0 Å². The summed E-state index contributed by atoms with van der Waals surface area (Å²) in [5.41, 5.74) is 2.42. The molecule has 0 unspecified atom stereocenters. The molecule has 0 bridgehead atoms. The third-order valence-corrected chi connectivity index (χ3v) is 4.49. The first-order valence-electron chi connectivity index (χ1n) is 8.46. The lowest BCUT2D eigenvalue weighted by atomic mass is 9.99. The summed E-state index contributed by atoms with van der Waals surface area (Å²) < 4.78 is 1.40. The summed E-state index contributed by atoms with van der Waals surface area (Å²) in [5.74, 6) is 0.759. The lowest BCUT2D eigenvalue weighted by Gasteiger charge is -2.30. The molecule has 1 amide bonds. The van der Waals surface area contributed by atoms with E-state index in [0.29, 0.717) is 6.54 Å². The fourth-order valence-electron chi connectivity index (χ4n) is 2.90. The van der Waals surface area contributed by atoms with Gasteiger partial charge in [-0.2, -0.15) is 0 Å². The third-order valence-electron chi connectivity index (χ3n) is 4.49. The Labute approximate surface area is 142 Å². The number of likely N-dealkylation sites (tertiary alicyclic amines) is 1. The molecule has 3 rings (SSSR count). The number of nitrogens with zero attached hydrogens (tertiary/aromatic N) is 5. The summed E-state index contributed by atoms with van der Waals surface area (Å²) in [5, 5.41) is 13.6. The van der Waals surface area contributed by atoms with Crippen molar-refractivity contribution in [3.63, 3.8) is 0 Å². The second-order valence-electron chi connectivity index (χ2n) is 6.56. The van der Waals surface area contributed by atoms with Gasteiger partial charge >= 0.3 is 0 Å². The minimum Gasteiger partial charge on any atom is -0.350 e. The fraction of sp³-hybridized carbons (Fsp3) is 0.529. The molecule has 0 spiro atoms. The summed E-state index contributed by atoms with van der Waals surface area (Å²) >= 11 is 0. The molecule has 7 nitrogen and oxygen atoms in total. The number of amides is 1. The van der Waals surface area contributed by atoms with Crippen LogP contribution in [-0.4, -0.2) is 44.1 Å². The average molecular weight is 328 g/mol. The first kappa shape index (κ1) is 16.6. The van der Waals surface area contributed by atoms with Crippen LogP contribution in [0.4, 0.5) is 0 Å². The Hall–Kier alpha value is -2.28. The molecule has 1 aliphatic rings. The van der Waals surface area contributed by atoms with Crippen molar-refractivity contribution in [2.24, 2.45) is 5.92 Å². The summed E-state index contributed by atoms with van der Waals surface area (Å²) in [4.78, 5) is 14.3. The van der Waals surface area contributed by atoms with Crippen LogP contribution in [0.25, 0.3) is 0 Å². The standard InChI is InChI=1S/C17H24N6O/c1-14-6-8-22(9-7-14)11-16-4-2-15(3-5-16)10-18-17(24)12-23-13-19-20-21-23/h2-5,13-14H,6-12H2,1H3,(H,18,24). The van der Waals surface area contributed by atoms with E-state index in [1.54, 1.807) is 0 Å². The predicted molar refractivity (Wildman–Crippen MR) is 89.8 cm³/mol. The van der Waals surface area contributed by atoms with Gasteiger partial charge in [0.1, 0.15) is 12.9 Å². The molecule has 1 saturated heterocycles. The molecule has 0 atom stereocenters. The minimum atomic E-state index is -0.103. The van der Waals surface area contributed by atoms with Crippen molar-refractivity contribution < 1.29 is 4.79 Å². The van der Waals surface area contributed by atoms with E-state index in [1.807, 2.05) is 0 Å². The van der Waals surface area contributed by atoms with Crippen molar-refractivity contribution >= 4 is 5.91 Å². The Kier molecular flexibility index (Phi) is 5.53. The largest absolute Gasteiger partial charge is 0.350 e. The Morgan fingerprint density at radius 1 is 1.21 bits per heavy atom. The highest BCUT2D eigenvalue weighted by Crippen LogP contribution is 2.18. The third kappa shape index (κ3) is 4.86. The van der Waals surface area contributed by atoms with Crippen molar-refractivity contribution in [2.45, 2.75) is 39.4 Å². The summed E-state index contributed by atoms with van der Waals surface area (Å²) in [6, 6.07) is 8.47. The first-order chi connectivity index (χ1) is 11.7. The average Bonchev–Trinajstić information content (AvgIpc) is 3.09. The van der Waals surface area contributed by atoms with Crippen LogP contribution in [0.2, 0.25) is 0 Å². The van der Waals surface area contributed by atoms with Crippen LogP contribution < -0.4 is 5.32 Å². The molecule has 2 aromatic rings. The molecule has 24 heavy (non-hydrogen) atoms. The van der Waals surface area contributed by atoms with Crippen molar-refractivity contribution in [1.29, 1.82) is 0 Å². The highest BCUT2D eigenvalue weighted by Gasteiger charge is 2.15. The summed E-state index contributed by atoms with van der Waals surface area (Å²) in [6.45, 7) is 6.38. The fourth-order valence-corrected chi connectivity index (χ4v) is 2.90. The van der Waals surface area contributed by atoms with Crippen LogP contribution in [0, 0.1) is 5.92 Å². The maximum atomic E-state index is 11.8. The number of carbonyl (C=O) groups excluding carboxylic acids is 1. The number of nitrogens with one attached hydrogen (secondary N) is 1. The van der Waals surface area contributed by atoms with Gasteiger partial charge in [-0.05, 0) is 53.4 Å². The molecule has 1 aromatic heterocycles. The second-order valence-corrected chi connectivity index (χ2v) is 6.56. The number of hydrogen-bond acceptors (Lipinski definition) is 5. The Morgan fingerprint density at radius 3 is 2.58 bits per heavy atom. The number of piperidine rings is 1. The number of aromatic nitrogens is 4. The number of tetrazole rings is 1.